The fraction of sp³-hybridized carbons (Fsp3) is 0.120. The van der Waals surface area contributed by atoms with E-state index in [9.17, 15) is 19.7 Å². The molecule has 172 valence electrons. The minimum absolute atomic E-state index is 0.105. The molecule has 0 atom stereocenters. The summed E-state index contributed by atoms with van der Waals surface area (Å²) < 4.78 is 12.3. The van der Waals surface area contributed by atoms with E-state index in [0.29, 0.717) is 38.5 Å². The third-order valence-corrected chi connectivity index (χ3v) is 5.69. The summed E-state index contributed by atoms with van der Waals surface area (Å²) in [6.07, 6.45) is -0.118. The van der Waals surface area contributed by atoms with Gasteiger partial charge < -0.3 is 9.47 Å². The van der Waals surface area contributed by atoms with Gasteiger partial charge in [-0.1, -0.05) is 11.6 Å². The lowest BCUT2D eigenvalue weighted by molar-refractivity contribution is -0.384. The smallest absolute Gasteiger partial charge is 0.315 e. The normalized spacial score (nSPS) is 10.8. The predicted octanol–water partition coefficient (Wildman–Crippen LogP) is 5.36. The molecule has 0 fully saturated rings. The summed E-state index contributed by atoms with van der Waals surface area (Å²) in [4.78, 5) is 36.4. The number of carbonyl (C=O) groups is 2. The predicted molar refractivity (Wildman–Crippen MR) is 127 cm³/mol. The summed E-state index contributed by atoms with van der Waals surface area (Å²) in [6.45, 7) is 1.76. The van der Waals surface area contributed by atoms with Crippen molar-refractivity contribution in [2.24, 2.45) is 0 Å². The molecule has 9 heteroatoms. The van der Waals surface area contributed by atoms with Crippen molar-refractivity contribution in [3.8, 4) is 11.5 Å². The van der Waals surface area contributed by atoms with Crippen LogP contribution in [0.5, 0.6) is 11.5 Å². The van der Waals surface area contributed by atoms with Gasteiger partial charge in [0.25, 0.3) is 11.6 Å². The minimum Gasteiger partial charge on any atom is -0.497 e. The van der Waals surface area contributed by atoms with Crippen molar-refractivity contribution in [3.63, 3.8) is 0 Å². The van der Waals surface area contributed by atoms with E-state index in [2.05, 4.69) is 0 Å². The molecule has 0 aliphatic heterocycles. The molecule has 0 N–H and O–H groups in total. The van der Waals surface area contributed by atoms with Gasteiger partial charge in [0.15, 0.2) is 0 Å². The first-order valence-electron chi connectivity index (χ1n) is 10.2. The maximum atomic E-state index is 13.3. The zero-order valence-corrected chi connectivity index (χ0v) is 19.0. The van der Waals surface area contributed by atoms with Crippen LogP contribution >= 0.6 is 11.6 Å². The van der Waals surface area contributed by atoms with Gasteiger partial charge in [0.05, 0.1) is 24.0 Å². The topological polar surface area (TPSA) is 101 Å². The molecule has 4 aromatic rings. The van der Waals surface area contributed by atoms with Crippen molar-refractivity contribution in [3.05, 3.63) is 98.7 Å². The SMILES string of the molecule is COc1ccc2c(c1)c(CC(=O)Oc1ccc([N+](=O)[O-])cc1)c(C)n2C(=O)c1ccc(Cl)cc1. The fourth-order valence-electron chi connectivity index (χ4n) is 3.74. The second-order valence-corrected chi connectivity index (χ2v) is 7.93. The highest BCUT2D eigenvalue weighted by Crippen LogP contribution is 2.31. The first-order valence-corrected chi connectivity index (χ1v) is 10.6. The average Bonchev–Trinajstić information content (AvgIpc) is 3.09. The van der Waals surface area contributed by atoms with Crippen molar-refractivity contribution in [1.82, 2.24) is 4.57 Å². The second-order valence-electron chi connectivity index (χ2n) is 7.50. The Kier molecular flexibility index (Phi) is 6.34. The Labute approximate surface area is 199 Å². The average molecular weight is 479 g/mol. The number of non-ortho nitro benzene ring substituents is 1. The van der Waals surface area contributed by atoms with Crippen molar-refractivity contribution >= 4 is 40.1 Å². The molecule has 1 aromatic heterocycles. The van der Waals surface area contributed by atoms with Gasteiger partial charge in [-0.25, -0.2) is 0 Å². The number of methoxy groups -OCH3 is 1. The Morgan fingerprint density at radius 2 is 1.65 bits per heavy atom. The van der Waals surface area contributed by atoms with Crippen LogP contribution in [-0.2, 0) is 11.2 Å². The van der Waals surface area contributed by atoms with E-state index >= 15 is 0 Å². The van der Waals surface area contributed by atoms with E-state index in [0.717, 1.165) is 0 Å². The number of nitro groups is 1. The number of nitro benzene ring substituents is 1. The van der Waals surface area contributed by atoms with E-state index in [4.69, 9.17) is 21.1 Å². The summed E-state index contributed by atoms with van der Waals surface area (Å²) in [5.74, 6) is -0.0718. The summed E-state index contributed by atoms with van der Waals surface area (Å²) in [6, 6.07) is 17.1. The summed E-state index contributed by atoms with van der Waals surface area (Å²) in [5, 5.41) is 12.0. The van der Waals surface area contributed by atoms with Crippen LogP contribution in [-0.4, -0.2) is 28.5 Å². The van der Waals surface area contributed by atoms with Crippen molar-refractivity contribution < 1.29 is 24.0 Å². The molecule has 4 rings (SSSR count). The van der Waals surface area contributed by atoms with E-state index in [1.807, 2.05) is 0 Å². The molecule has 0 amide bonds. The highest BCUT2D eigenvalue weighted by molar-refractivity contribution is 6.30. The molecular weight excluding hydrogens is 460 g/mol. The standard InChI is InChI=1S/C25H19ClN2O6/c1-15-21(14-24(29)34-19-9-7-18(8-10-19)28(31)32)22-13-20(33-2)11-12-23(22)27(15)25(30)16-3-5-17(26)6-4-16/h3-13H,14H2,1-2H3. The second kappa shape index (κ2) is 9.36. The van der Waals surface area contributed by atoms with Gasteiger partial charge in [0.1, 0.15) is 11.5 Å². The molecule has 34 heavy (non-hydrogen) atoms. The molecule has 0 aliphatic rings. The Bertz CT molecular complexity index is 1410. The summed E-state index contributed by atoms with van der Waals surface area (Å²) in [7, 11) is 1.53. The Morgan fingerprint density at radius 1 is 1.00 bits per heavy atom. The molecule has 8 nitrogen and oxygen atoms in total. The van der Waals surface area contributed by atoms with Crippen LogP contribution in [0.4, 0.5) is 5.69 Å². The van der Waals surface area contributed by atoms with Crippen LogP contribution in [0.25, 0.3) is 10.9 Å². The zero-order valence-electron chi connectivity index (χ0n) is 18.3. The van der Waals surface area contributed by atoms with E-state index < -0.39 is 10.9 Å². The number of halogens is 1. The van der Waals surface area contributed by atoms with Gasteiger partial charge in [-0.15, -0.1) is 0 Å². The number of esters is 1. The van der Waals surface area contributed by atoms with Gasteiger partial charge in [-0.3, -0.25) is 24.3 Å². The van der Waals surface area contributed by atoms with Crippen LogP contribution in [0.3, 0.4) is 0 Å². The molecule has 0 bridgehead atoms. The molecule has 3 aromatic carbocycles. The number of carbonyl (C=O) groups excluding carboxylic acids is 2. The minimum atomic E-state index is -0.572. The first-order chi connectivity index (χ1) is 16.3. The van der Waals surface area contributed by atoms with Crippen LogP contribution in [0.15, 0.2) is 66.7 Å². The number of rotatable bonds is 6. The molecule has 0 spiro atoms. The van der Waals surface area contributed by atoms with E-state index in [1.165, 1.54) is 31.4 Å². The molecule has 1 heterocycles. The van der Waals surface area contributed by atoms with Gasteiger partial charge in [-0.05, 0) is 67.1 Å². The number of hydrogen-bond donors (Lipinski definition) is 0. The third-order valence-electron chi connectivity index (χ3n) is 5.44. The van der Waals surface area contributed by atoms with Gasteiger partial charge in [0, 0.05) is 33.8 Å². The quantitative estimate of drug-likeness (QED) is 0.160. The van der Waals surface area contributed by atoms with Crippen LogP contribution in [0.2, 0.25) is 5.02 Å². The van der Waals surface area contributed by atoms with Crippen LogP contribution < -0.4 is 9.47 Å². The number of aromatic nitrogens is 1. The monoisotopic (exact) mass is 478 g/mol. The van der Waals surface area contributed by atoms with Crippen molar-refractivity contribution in [2.75, 3.05) is 7.11 Å². The summed E-state index contributed by atoms with van der Waals surface area (Å²) >= 11 is 5.96. The Morgan fingerprint density at radius 3 is 2.26 bits per heavy atom. The lowest BCUT2D eigenvalue weighted by Gasteiger charge is -2.08. The Hall–Kier alpha value is -4.17. The van der Waals surface area contributed by atoms with Gasteiger partial charge in [-0.2, -0.15) is 0 Å². The van der Waals surface area contributed by atoms with E-state index in [1.54, 1.807) is 54.0 Å². The lowest BCUT2D eigenvalue weighted by Crippen LogP contribution is -2.15. The highest BCUT2D eigenvalue weighted by Gasteiger charge is 2.23. The summed E-state index contributed by atoms with van der Waals surface area (Å²) in [5.41, 5.74) is 2.16. The maximum Gasteiger partial charge on any atom is 0.315 e. The molecule has 0 unspecified atom stereocenters. The molecule has 0 radical (unpaired) electrons. The van der Waals surface area contributed by atoms with E-state index in [-0.39, 0.29) is 23.8 Å². The van der Waals surface area contributed by atoms with Gasteiger partial charge in [0.2, 0.25) is 0 Å². The Balaban J connectivity index is 1.70. The van der Waals surface area contributed by atoms with Crippen molar-refractivity contribution in [1.29, 1.82) is 0 Å². The largest absolute Gasteiger partial charge is 0.497 e. The zero-order chi connectivity index (χ0) is 24.4. The molecule has 0 saturated carbocycles. The van der Waals surface area contributed by atoms with Crippen LogP contribution in [0, 0.1) is 17.0 Å². The first kappa shape index (κ1) is 23.0. The van der Waals surface area contributed by atoms with Crippen molar-refractivity contribution in [2.45, 2.75) is 13.3 Å². The molecule has 0 aliphatic carbocycles. The highest BCUT2D eigenvalue weighted by atomic mass is 35.5. The number of benzene rings is 3. The number of fused-ring (bicyclic) bond motifs is 1. The van der Waals surface area contributed by atoms with Gasteiger partial charge >= 0.3 is 5.97 Å². The number of ether oxygens (including phenoxy) is 2. The maximum absolute atomic E-state index is 13.3. The number of nitrogens with zero attached hydrogens (tertiary/aromatic N) is 2. The lowest BCUT2D eigenvalue weighted by atomic mass is 10.1. The van der Waals surface area contributed by atoms with Crippen LogP contribution in [0.1, 0.15) is 21.6 Å². The molecular formula is C25H19ClN2O6. The number of hydrogen-bond acceptors (Lipinski definition) is 6. The fourth-order valence-corrected chi connectivity index (χ4v) is 3.87. The molecule has 0 saturated heterocycles. The third kappa shape index (κ3) is 4.49.